The van der Waals surface area contributed by atoms with Crippen molar-refractivity contribution in [2.45, 2.75) is 13.3 Å². The topological polar surface area (TPSA) is 17.8 Å². The van der Waals surface area contributed by atoms with E-state index in [4.69, 9.17) is 4.98 Å². The molecule has 0 aliphatic rings. The largest absolute Gasteiger partial charge is 0.327 e. The molecule has 2 nitrogen and oxygen atoms in total. The highest BCUT2D eigenvalue weighted by Crippen LogP contribution is 2.23. The van der Waals surface area contributed by atoms with Crippen LogP contribution in [-0.4, -0.2) is 9.55 Å². The molecular formula is C16H16N2. The maximum absolute atomic E-state index is 4.70. The van der Waals surface area contributed by atoms with Gasteiger partial charge in [0.2, 0.25) is 0 Å². The molecule has 18 heavy (non-hydrogen) atoms. The summed E-state index contributed by atoms with van der Waals surface area (Å²) in [6.07, 6.45) is 1.07. The van der Waals surface area contributed by atoms with Gasteiger partial charge in [0.15, 0.2) is 0 Å². The highest BCUT2D eigenvalue weighted by molar-refractivity contribution is 5.80. The Labute approximate surface area is 107 Å². The molecule has 3 rings (SSSR count). The summed E-state index contributed by atoms with van der Waals surface area (Å²) in [5.41, 5.74) is 4.75. The van der Waals surface area contributed by atoms with E-state index in [0.29, 0.717) is 0 Å². The maximum atomic E-state index is 4.70. The Morgan fingerprint density at radius 2 is 1.72 bits per heavy atom. The molecule has 0 bridgehead atoms. The summed E-state index contributed by atoms with van der Waals surface area (Å²) in [5, 5.41) is 0. The molecule has 0 radical (unpaired) electrons. The molecule has 0 aliphatic carbocycles. The molecule has 3 aromatic rings. The van der Waals surface area contributed by atoms with Crippen LogP contribution in [-0.2, 0) is 13.5 Å². The van der Waals surface area contributed by atoms with Crippen LogP contribution in [0.15, 0.2) is 48.5 Å². The first-order chi connectivity index (χ1) is 8.79. The van der Waals surface area contributed by atoms with E-state index in [1.807, 2.05) is 12.1 Å². The van der Waals surface area contributed by atoms with Gasteiger partial charge in [-0.05, 0) is 24.1 Å². The number of fused-ring (bicyclic) bond motifs is 1. The first kappa shape index (κ1) is 11.0. The van der Waals surface area contributed by atoms with Crippen LogP contribution >= 0.6 is 0 Å². The number of para-hydroxylation sites is 2. The number of nitrogens with zero attached hydrogens (tertiary/aromatic N) is 2. The summed E-state index contributed by atoms with van der Waals surface area (Å²) < 4.78 is 2.15. The van der Waals surface area contributed by atoms with Crippen molar-refractivity contribution in [2.24, 2.45) is 7.05 Å². The Morgan fingerprint density at radius 3 is 2.39 bits per heavy atom. The van der Waals surface area contributed by atoms with Gasteiger partial charge in [0.05, 0.1) is 11.0 Å². The van der Waals surface area contributed by atoms with Crippen molar-refractivity contribution in [2.75, 3.05) is 0 Å². The maximum Gasteiger partial charge on any atom is 0.140 e. The van der Waals surface area contributed by atoms with Gasteiger partial charge >= 0.3 is 0 Å². The van der Waals surface area contributed by atoms with Crippen LogP contribution in [0, 0.1) is 0 Å². The van der Waals surface area contributed by atoms with E-state index >= 15 is 0 Å². The lowest BCUT2D eigenvalue weighted by atomic mass is 10.1. The quantitative estimate of drug-likeness (QED) is 0.661. The number of benzene rings is 2. The molecule has 0 amide bonds. The molecule has 0 saturated carbocycles. The molecule has 90 valence electrons. The van der Waals surface area contributed by atoms with Gasteiger partial charge in [-0.15, -0.1) is 0 Å². The summed E-state index contributed by atoms with van der Waals surface area (Å²) in [7, 11) is 2.07. The third kappa shape index (κ3) is 1.70. The van der Waals surface area contributed by atoms with Gasteiger partial charge in [-0.3, -0.25) is 0 Å². The summed E-state index contributed by atoms with van der Waals surface area (Å²) in [6, 6.07) is 16.9. The fourth-order valence-electron chi connectivity index (χ4n) is 2.29. The number of imidazole rings is 1. The standard InChI is InChI=1S/C16H16N2/c1-3-12-8-10-13(11-9-12)16-17-14-6-4-5-7-15(14)18(16)2/h4-11H,3H2,1-2H3. The number of rotatable bonds is 2. The van der Waals surface area contributed by atoms with E-state index in [1.165, 1.54) is 16.6 Å². The van der Waals surface area contributed by atoms with Gasteiger partial charge < -0.3 is 4.57 Å². The lowest BCUT2D eigenvalue weighted by Gasteiger charge is -2.03. The zero-order chi connectivity index (χ0) is 12.5. The monoisotopic (exact) mass is 236 g/mol. The molecule has 0 saturated heterocycles. The predicted molar refractivity (Wildman–Crippen MR) is 75.5 cm³/mol. The molecule has 0 atom stereocenters. The first-order valence-electron chi connectivity index (χ1n) is 6.30. The van der Waals surface area contributed by atoms with Gasteiger partial charge in [-0.2, -0.15) is 0 Å². The van der Waals surface area contributed by atoms with Gasteiger partial charge in [-0.25, -0.2) is 4.98 Å². The lowest BCUT2D eigenvalue weighted by molar-refractivity contribution is 0.959. The summed E-state index contributed by atoms with van der Waals surface area (Å²) in [5.74, 6) is 1.03. The second-order valence-corrected chi connectivity index (χ2v) is 4.53. The fraction of sp³-hybridized carbons (Fsp3) is 0.188. The van der Waals surface area contributed by atoms with Crippen molar-refractivity contribution < 1.29 is 0 Å². The van der Waals surface area contributed by atoms with Crippen molar-refractivity contribution in [1.29, 1.82) is 0 Å². The Hall–Kier alpha value is -2.09. The molecule has 1 heterocycles. The highest BCUT2D eigenvalue weighted by atomic mass is 15.1. The molecule has 1 aromatic heterocycles. The molecule has 2 aromatic carbocycles. The van der Waals surface area contributed by atoms with E-state index in [9.17, 15) is 0 Å². The smallest absolute Gasteiger partial charge is 0.140 e. The molecule has 0 fully saturated rings. The first-order valence-corrected chi connectivity index (χ1v) is 6.30. The molecule has 0 N–H and O–H groups in total. The zero-order valence-electron chi connectivity index (χ0n) is 10.7. The van der Waals surface area contributed by atoms with Crippen LogP contribution in [0.25, 0.3) is 22.4 Å². The minimum absolute atomic E-state index is 1.03. The second-order valence-electron chi connectivity index (χ2n) is 4.53. The zero-order valence-corrected chi connectivity index (χ0v) is 10.7. The summed E-state index contributed by atoms with van der Waals surface area (Å²) in [4.78, 5) is 4.70. The lowest BCUT2D eigenvalue weighted by Crippen LogP contribution is -1.92. The highest BCUT2D eigenvalue weighted by Gasteiger charge is 2.08. The minimum Gasteiger partial charge on any atom is -0.327 e. The summed E-state index contributed by atoms with van der Waals surface area (Å²) in [6.45, 7) is 2.17. The second kappa shape index (κ2) is 4.30. The normalized spacial score (nSPS) is 11.0. The van der Waals surface area contributed by atoms with Crippen LogP contribution < -0.4 is 0 Å². The van der Waals surface area contributed by atoms with Crippen molar-refractivity contribution >= 4 is 11.0 Å². The van der Waals surface area contributed by atoms with Gasteiger partial charge in [-0.1, -0.05) is 43.3 Å². The van der Waals surface area contributed by atoms with E-state index in [-0.39, 0.29) is 0 Å². The average molecular weight is 236 g/mol. The SMILES string of the molecule is CCc1ccc(-c2nc3ccccc3n2C)cc1. The fourth-order valence-corrected chi connectivity index (χ4v) is 2.29. The molecule has 0 aliphatic heterocycles. The van der Waals surface area contributed by atoms with E-state index in [2.05, 4.69) is 54.9 Å². The van der Waals surface area contributed by atoms with Crippen molar-refractivity contribution in [3.63, 3.8) is 0 Å². The molecule has 0 unspecified atom stereocenters. The third-order valence-electron chi connectivity index (χ3n) is 3.41. The Balaban J connectivity index is 2.15. The van der Waals surface area contributed by atoms with Crippen LogP contribution in [0.4, 0.5) is 0 Å². The summed E-state index contributed by atoms with van der Waals surface area (Å²) >= 11 is 0. The number of aromatic nitrogens is 2. The van der Waals surface area contributed by atoms with Gasteiger partial charge in [0.1, 0.15) is 5.82 Å². The Kier molecular flexibility index (Phi) is 2.63. The van der Waals surface area contributed by atoms with Crippen molar-refractivity contribution in [3.05, 3.63) is 54.1 Å². The van der Waals surface area contributed by atoms with E-state index < -0.39 is 0 Å². The number of hydrogen-bond acceptors (Lipinski definition) is 1. The van der Waals surface area contributed by atoms with Crippen LogP contribution in [0.3, 0.4) is 0 Å². The van der Waals surface area contributed by atoms with Crippen molar-refractivity contribution in [3.8, 4) is 11.4 Å². The molecular weight excluding hydrogens is 220 g/mol. The van der Waals surface area contributed by atoms with E-state index in [0.717, 1.165) is 17.8 Å². The van der Waals surface area contributed by atoms with Crippen molar-refractivity contribution in [1.82, 2.24) is 9.55 Å². The number of hydrogen-bond donors (Lipinski definition) is 0. The van der Waals surface area contributed by atoms with Gasteiger partial charge in [0.25, 0.3) is 0 Å². The van der Waals surface area contributed by atoms with Crippen LogP contribution in [0.5, 0.6) is 0 Å². The Morgan fingerprint density at radius 1 is 1.00 bits per heavy atom. The predicted octanol–water partition coefficient (Wildman–Crippen LogP) is 3.80. The number of aryl methyl sites for hydroxylation is 2. The minimum atomic E-state index is 1.03. The van der Waals surface area contributed by atoms with Gasteiger partial charge in [0, 0.05) is 12.6 Å². The Bertz CT molecular complexity index is 678. The average Bonchev–Trinajstić information content (AvgIpc) is 2.77. The van der Waals surface area contributed by atoms with Crippen LogP contribution in [0.1, 0.15) is 12.5 Å². The van der Waals surface area contributed by atoms with E-state index in [1.54, 1.807) is 0 Å². The van der Waals surface area contributed by atoms with Crippen LogP contribution in [0.2, 0.25) is 0 Å². The third-order valence-corrected chi connectivity index (χ3v) is 3.41. The molecule has 2 heteroatoms. The molecule has 0 spiro atoms.